The van der Waals surface area contributed by atoms with E-state index in [4.69, 9.17) is 23.7 Å². The van der Waals surface area contributed by atoms with Gasteiger partial charge in [-0.2, -0.15) is 0 Å². The van der Waals surface area contributed by atoms with Crippen LogP contribution < -0.4 is 0 Å². The van der Waals surface area contributed by atoms with Crippen molar-refractivity contribution in [1.82, 2.24) is 0 Å². The number of esters is 4. The van der Waals surface area contributed by atoms with E-state index >= 15 is 0 Å². The molecule has 1 rings (SSSR count). The van der Waals surface area contributed by atoms with Crippen LogP contribution in [-0.2, 0) is 42.9 Å². The molecule has 1 aliphatic heterocycles. The quantitative estimate of drug-likeness (QED) is 0.506. The van der Waals surface area contributed by atoms with E-state index in [1.807, 2.05) is 0 Å². The van der Waals surface area contributed by atoms with Gasteiger partial charge < -0.3 is 23.7 Å². The van der Waals surface area contributed by atoms with E-state index in [0.29, 0.717) is 0 Å². The van der Waals surface area contributed by atoms with Gasteiger partial charge in [-0.1, -0.05) is 0 Å². The molecule has 0 spiro atoms. The van der Waals surface area contributed by atoms with Crippen molar-refractivity contribution in [3.05, 3.63) is 0 Å². The van der Waals surface area contributed by atoms with Crippen LogP contribution in [0.15, 0.2) is 0 Å². The number of hydrogen-bond acceptors (Lipinski definition) is 9. The molecule has 0 aromatic rings. The number of carbonyl (C=O) groups is 4. The van der Waals surface area contributed by atoms with E-state index in [2.05, 4.69) is 0 Å². The molecule has 24 heavy (non-hydrogen) atoms. The highest BCUT2D eigenvalue weighted by atomic mass is 16.7. The first kappa shape index (κ1) is 19.9. The second kappa shape index (κ2) is 8.62. The predicted octanol–water partition coefficient (Wildman–Crippen LogP) is 0.132. The van der Waals surface area contributed by atoms with E-state index in [0.717, 1.165) is 0 Å². The summed E-state index contributed by atoms with van der Waals surface area (Å²) in [5, 5.41) is 0. The minimum atomic E-state index is -1.09. The molecule has 0 unspecified atom stereocenters. The highest BCUT2D eigenvalue weighted by Crippen LogP contribution is 2.28. The summed E-state index contributed by atoms with van der Waals surface area (Å²) in [6.07, 6.45) is -4.69. The molecule has 9 nitrogen and oxygen atoms in total. The Hall–Kier alpha value is -2.16. The predicted molar refractivity (Wildman–Crippen MR) is 77.6 cm³/mol. The van der Waals surface area contributed by atoms with E-state index < -0.39 is 54.4 Å². The Morgan fingerprint density at radius 2 is 1.21 bits per heavy atom. The standard InChI is InChI=1S/C15H22O9/c1-7-13(22-9(3)17)15(24-11(5)19)14(23-10(4)18)12(21-7)6-20-8(2)16/h7,12-15H,6H2,1-5H3/t7-,12+,13-,14-,15+/m0/s1. The van der Waals surface area contributed by atoms with Gasteiger partial charge in [0.15, 0.2) is 18.3 Å². The van der Waals surface area contributed by atoms with Crippen molar-refractivity contribution in [2.45, 2.75) is 65.1 Å². The first-order valence-corrected chi connectivity index (χ1v) is 7.42. The van der Waals surface area contributed by atoms with E-state index in [9.17, 15) is 19.2 Å². The number of ether oxygens (including phenoxy) is 5. The summed E-state index contributed by atoms with van der Waals surface area (Å²) < 4.78 is 26.1. The Balaban J connectivity index is 3.11. The molecule has 0 aromatic heterocycles. The van der Waals surface area contributed by atoms with Gasteiger partial charge in [0.1, 0.15) is 12.7 Å². The minimum absolute atomic E-state index is 0.206. The van der Waals surface area contributed by atoms with Crippen LogP contribution in [0, 0.1) is 0 Å². The molecular weight excluding hydrogens is 324 g/mol. The van der Waals surface area contributed by atoms with Gasteiger partial charge in [0.05, 0.1) is 6.10 Å². The fourth-order valence-electron chi connectivity index (χ4n) is 2.44. The molecule has 0 aromatic carbocycles. The lowest BCUT2D eigenvalue weighted by Gasteiger charge is -2.43. The fourth-order valence-corrected chi connectivity index (χ4v) is 2.44. The van der Waals surface area contributed by atoms with Gasteiger partial charge in [0.25, 0.3) is 0 Å². The van der Waals surface area contributed by atoms with Gasteiger partial charge in [-0.05, 0) is 6.92 Å². The van der Waals surface area contributed by atoms with Crippen LogP contribution in [0.3, 0.4) is 0 Å². The summed E-state index contributed by atoms with van der Waals surface area (Å²) in [5.74, 6) is -2.44. The molecule has 1 heterocycles. The summed E-state index contributed by atoms with van der Waals surface area (Å²) in [5.41, 5.74) is 0. The summed E-state index contributed by atoms with van der Waals surface area (Å²) >= 11 is 0. The maximum Gasteiger partial charge on any atom is 0.303 e. The van der Waals surface area contributed by atoms with Crippen LogP contribution in [0.5, 0.6) is 0 Å². The largest absolute Gasteiger partial charge is 0.463 e. The first-order chi connectivity index (χ1) is 11.1. The van der Waals surface area contributed by atoms with Crippen molar-refractivity contribution in [3.63, 3.8) is 0 Å². The average Bonchev–Trinajstić information content (AvgIpc) is 2.42. The maximum absolute atomic E-state index is 11.4. The van der Waals surface area contributed by atoms with Gasteiger partial charge >= 0.3 is 23.9 Å². The van der Waals surface area contributed by atoms with Crippen molar-refractivity contribution in [1.29, 1.82) is 0 Å². The molecule has 0 bridgehead atoms. The van der Waals surface area contributed by atoms with Crippen molar-refractivity contribution in [2.24, 2.45) is 0 Å². The molecule has 0 aliphatic carbocycles. The summed E-state index contributed by atoms with van der Waals surface area (Å²) in [6.45, 7) is 6.17. The second-order valence-corrected chi connectivity index (χ2v) is 5.40. The third-order valence-corrected chi connectivity index (χ3v) is 3.22. The lowest BCUT2D eigenvalue weighted by Crippen LogP contribution is -2.61. The Morgan fingerprint density at radius 3 is 1.67 bits per heavy atom. The average molecular weight is 346 g/mol. The third kappa shape index (κ3) is 5.80. The molecule has 5 atom stereocenters. The van der Waals surface area contributed by atoms with Gasteiger partial charge in [-0.25, -0.2) is 0 Å². The normalized spacial score (nSPS) is 29.3. The second-order valence-electron chi connectivity index (χ2n) is 5.40. The molecule has 0 radical (unpaired) electrons. The monoisotopic (exact) mass is 346 g/mol. The molecule has 1 fully saturated rings. The smallest absolute Gasteiger partial charge is 0.303 e. The lowest BCUT2D eigenvalue weighted by atomic mass is 9.95. The number of rotatable bonds is 5. The molecule has 0 N–H and O–H groups in total. The molecule has 0 saturated carbocycles. The van der Waals surface area contributed by atoms with Gasteiger partial charge in [-0.15, -0.1) is 0 Å². The van der Waals surface area contributed by atoms with Gasteiger partial charge in [-0.3, -0.25) is 19.2 Å². The first-order valence-electron chi connectivity index (χ1n) is 7.42. The Bertz CT molecular complexity index is 501. The van der Waals surface area contributed by atoms with Gasteiger partial charge in [0.2, 0.25) is 0 Å². The lowest BCUT2D eigenvalue weighted by molar-refractivity contribution is -0.249. The zero-order chi connectivity index (χ0) is 18.4. The Morgan fingerprint density at radius 1 is 0.750 bits per heavy atom. The summed E-state index contributed by atoms with van der Waals surface area (Å²) in [6, 6.07) is 0. The van der Waals surface area contributed by atoms with Crippen LogP contribution in [0.4, 0.5) is 0 Å². The highest BCUT2D eigenvalue weighted by Gasteiger charge is 2.50. The fraction of sp³-hybridized carbons (Fsp3) is 0.733. The SMILES string of the molecule is CC(=O)OC[C@H]1O[C@@H](C)[C@H](OC(C)=O)[C@@H](OC(C)=O)[C@H]1OC(C)=O. The minimum Gasteiger partial charge on any atom is -0.463 e. The van der Waals surface area contributed by atoms with E-state index in [1.54, 1.807) is 6.92 Å². The number of carbonyl (C=O) groups excluding carboxylic acids is 4. The van der Waals surface area contributed by atoms with Crippen LogP contribution in [0.25, 0.3) is 0 Å². The zero-order valence-electron chi connectivity index (χ0n) is 14.3. The van der Waals surface area contributed by atoms with E-state index in [-0.39, 0.29) is 6.61 Å². The van der Waals surface area contributed by atoms with Crippen molar-refractivity contribution >= 4 is 23.9 Å². The molecule has 0 amide bonds. The topological polar surface area (TPSA) is 114 Å². The maximum atomic E-state index is 11.4. The molecule has 9 heteroatoms. The summed E-state index contributed by atoms with van der Waals surface area (Å²) in [7, 11) is 0. The highest BCUT2D eigenvalue weighted by molar-refractivity contribution is 5.68. The van der Waals surface area contributed by atoms with Crippen LogP contribution in [0.2, 0.25) is 0 Å². The van der Waals surface area contributed by atoms with Crippen LogP contribution >= 0.6 is 0 Å². The third-order valence-electron chi connectivity index (χ3n) is 3.22. The van der Waals surface area contributed by atoms with Crippen LogP contribution in [0.1, 0.15) is 34.6 Å². The Kier molecular flexibility index (Phi) is 7.15. The van der Waals surface area contributed by atoms with Gasteiger partial charge in [0, 0.05) is 27.7 Å². The van der Waals surface area contributed by atoms with Crippen molar-refractivity contribution in [3.8, 4) is 0 Å². The number of hydrogen-bond donors (Lipinski definition) is 0. The van der Waals surface area contributed by atoms with Crippen molar-refractivity contribution in [2.75, 3.05) is 6.61 Å². The Labute approximate surface area is 139 Å². The molecular formula is C15H22O9. The van der Waals surface area contributed by atoms with E-state index in [1.165, 1.54) is 27.7 Å². The van der Waals surface area contributed by atoms with Crippen LogP contribution in [-0.4, -0.2) is 61.0 Å². The molecule has 1 aliphatic rings. The zero-order valence-corrected chi connectivity index (χ0v) is 14.3. The summed E-state index contributed by atoms with van der Waals surface area (Å²) in [4.78, 5) is 45.2. The molecule has 1 saturated heterocycles. The molecule has 136 valence electrons. The van der Waals surface area contributed by atoms with Crippen molar-refractivity contribution < 1.29 is 42.9 Å².